The Morgan fingerprint density at radius 1 is 0.917 bits per heavy atom. The number of benzene rings is 2. The molecule has 1 heterocycles. The molecule has 24 heavy (non-hydrogen) atoms. The van der Waals surface area contributed by atoms with Crippen molar-refractivity contribution in [1.29, 1.82) is 0 Å². The van der Waals surface area contributed by atoms with E-state index >= 15 is 0 Å². The molecule has 1 saturated heterocycles. The molecule has 0 amide bonds. The highest BCUT2D eigenvalue weighted by atomic mass is 32.2. The number of carbonyl (C=O) groups excluding carboxylic acids is 1. The summed E-state index contributed by atoms with van der Waals surface area (Å²) < 4.78 is 24.6. The highest BCUT2D eigenvalue weighted by Gasteiger charge is 2.37. The Morgan fingerprint density at radius 3 is 2.04 bits per heavy atom. The fourth-order valence-electron chi connectivity index (χ4n) is 3.07. The monoisotopic (exact) mass is 360 g/mol. The third-order valence-corrected chi connectivity index (χ3v) is 8.63. The van der Waals surface area contributed by atoms with Gasteiger partial charge in [0.2, 0.25) is 0 Å². The highest BCUT2D eigenvalue weighted by molar-refractivity contribution is 8.03. The predicted molar refractivity (Wildman–Crippen MR) is 99.0 cm³/mol. The second-order valence-corrected chi connectivity index (χ2v) is 9.56. The molecule has 0 spiro atoms. The van der Waals surface area contributed by atoms with Gasteiger partial charge in [-0.3, -0.25) is 13.2 Å². The Hall–Kier alpha value is -1.59. The number of hydrogen-bond donors (Lipinski definition) is 0. The van der Waals surface area contributed by atoms with Crippen LogP contribution in [0, 0.1) is 0 Å². The van der Waals surface area contributed by atoms with E-state index < -0.39 is 26.2 Å². The van der Waals surface area contributed by atoms with Crippen LogP contribution in [0.15, 0.2) is 60.7 Å². The van der Waals surface area contributed by atoms with Crippen molar-refractivity contribution in [2.45, 2.75) is 23.3 Å². The normalized spacial score (nSPS) is 25.1. The Balaban J connectivity index is 1.92. The van der Waals surface area contributed by atoms with Gasteiger partial charge < -0.3 is 0 Å². The van der Waals surface area contributed by atoms with Gasteiger partial charge in [0.1, 0.15) is 4.58 Å². The Bertz CT molecular complexity index is 728. The zero-order valence-electron chi connectivity index (χ0n) is 13.3. The minimum Gasteiger partial charge on any atom is -0.294 e. The first-order valence-corrected chi connectivity index (χ1v) is 10.8. The van der Waals surface area contributed by atoms with Crippen LogP contribution in [0.1, 0.15) is 34.7 Å². The molecule has 0 aromatic heterocycles. The van der Waals surface area contributed by atoms with E-state index in [1.807, 2.05) is 48.5 Å². The second-order valence-electron chi connectivity index (χ2n) is 5.90. The van der Waals surface area contributed by atoms with Gasteiger partial charge in [0.25, 0.3) is 0 Å². The van der Waals surface area contributed by atoms with Crippen molar-refractivity contribution in [3.05, 3.63) is 71.8 Å². The number of ketones is 1. The zero-order chi connectivity index (χ0) is 16.9. The minimum absolute atomic E-state index is 0.00373. The van der Waals surface area contributed by atoms with Crippen molar-refractivity contribution < 1.29 is 13.2 Å². The molecule has 0 aliphatic carbocycles. The summed E-state index contributed by atoms with van der Waals surface area (Å²) in [5.41, 5.74) is 1.58. The van der Waals surface area contributed by atoms with Gasteiger partial charge in [0.15, 0.2) is 5.78 Å². The second kappa shape index (κ2) is 7.99. The van der Waals surface area contributed by atoms with Gasteiger partial charge in [0, 0.05) is 51.0 Å². The van der Waals surface area contributed by atoms with E-state index in [4.69, 9.17) is 0 Å². The van der Waals surface area contributed by atoms with Gasteiger partial charge in [-0.1, -0.05) is 60.7 Å². The largest absolute Gasteiger partial charge is 0.294 e. The van der Waals surface area contributed by atoms with Gasteiger partial charge in [-0.25, -0.2) is 0 Å². The standard InChI is InChI=1S/C19H20O3S2/c20-18(16-10-5-2-6-11-16)14-17(15-8-3-1-4-9-15)19-23(21)12-7-13-24(19)22/h1-6,8-11,17,19H,7,12-14H2/t17-,19?,23?,24?/m1/s1. The van der Waals surface area contributed by atoms with Gasteiger partial charge in [-0.05, 0) is 12.0 Å². The Kier molecular flexibility index (Phi) is 5.74. The van der Waals surface area contributed by atoms with Crippen LogP contribution in [0.3, 0.4) is 0 Å². The number of carbonyl (C=O) groups is 1. The topological polar surface area (TPSA) is 51.2 Å². The van der Waals surface area contributed by atoms with Crippen molar-refractivity contribution in [3.63, 3.8) is 0 Å². The van der Waals surface area contributed by atoms with E-state index in [1.54, 1.807) is 12.1 Å². The fraction of sp³-hybridized carbons (Fsp3) is 0.316. The van der Waals surface area contributed by atoms with Crippen LogP contribution >= 0.6 is 0 Å². The molecule has 1 aliphatic heterocycles. The van der Waals surface area contributed by atoms with Crippen molar-refractivity contribution >= 4 is 27.4 Å². The average Bonchev–Trinajstić information content (AvgIpc) is 2.62. The third-order valence-electron chi connectivity index (χ3n) is 4.27. The SMILES string of the molecule is O=C(C[C@H](c1ccccc1)C1S(=O)CCCS1=O)c1ccccc1. The molecule has 2 aromatic rings. The summed E-state index contributed by atoms with van der Waals surface area (Å²) >= 11 is 0. The first-order chi connectivity index (χ1) is 11.7. The van der Waals surface area contributed by atoms with E-state index in [0.717, 1.165) is 12.0 Å². The summed E-state index contributed by atoms with van der Waals surface area (Å²) in [4.78, 5) is 12.7. The molecule has 1 aliphatic rings. The lowest BCUT2D eigenvalue weighted by Crippen LogP contribution is -2.36. The summed E-state index contributed by atoms with van der Waals surface area (Å²) in [6.07, 6.45) is 0.958. The molecule has 1 fully saturated rings. The first kappa shape index (κ1) is 17.2. The summed E-state index contributed by atoms with van der Waals surface area (Å²) in [6.45, 7) is 0. The van der Waals surface area contributed by atoms with Gasteiger partial charge >= 0.3 is 0 Å². The quantitative estimate of drug-likeness (QED) is 0.769. The van der Waals surface area contributed by atoms with E-state index in [9.17, 15) is 13.2 Å². The van der Waals surface area contributed by atoms with E-state index in [0.29, 0.717) is 17.1 Å². The van der Waals surface area contributed by atoms with Crippen LogP contribution in [0.25, 0.3) is 0 Å². The van der Waals surface area contributed by atoms with Crippen LogP contribution in [-0.4, -0.2) is 30.3 Å². The smallest absolute Gasteiger partial charge is 0.163 e. The average molecular weight is 360 g/mol. The van der Waals surface area contributed by atoms with Crippen LogP contribution in [0.4, 0.5) is 0 Å². The summed E-state index contributed by atoms with van der Waals surface area (Å²) in [6, 6.07) is 18.7. The third kappa shape index (κ3) is 3.90. The van der Waals surface area contributed by atoms with E-state index in [-0.39, 0.29) is 18.1 Å². The zero-order valence-corrected chi connectivity index (χ0v) is 14.9. The fourth-order valence-corrected chi connectivity index (χ4v) is 7.35. The minimum atomic E-state index is -1.16. The van der Waals surface area contributed by atoms with Crippen LogP contribution in [0.5, 0.6) is 0 Å². The van der Waals surface area contributed by atoms with Gasteiger partial charge in [0.05, 0.1) is 0 Å². The molecular formula is C19H20O3S2. The molecule has 3 atom stereocenters. The molecule has 0 bridgehead atoms. The molecule has 5 heteroatoms. The maximum Gasteiger partial charge on any atom is 0.163 e. The first-order valence-electron chi connectivity index (χ1n) is 8.04. The van der Waals surface area contributed by atoms with Crippen molar-refractivity contribution in [1.82, 2.24) is 0 Å². The Labute approximate surface area is 147 Å². The lowest BCUT2D eigenvalue weighted by atomic mass is 9.93. The molecule has 2 aromatic carbocycles. The number of Topliss-reactive ketones (excluding diaryl/α,β-unsaturated/α-hetero) is 1. The van der Waals surface area contributed by atoms with Crippen molar-refractivity contribution in [3.8, 4) is 0 Å². The molecule has 2 unspecified atom stereocenters. The molecule has 126 valence electrons. The van der Waals surface area contributed by atoms with Crippen LogP contribution in [0.2, 0.25) is 0 Å². The number of rotatable bonds is 5. The lowest BCUT2D eigenvalue weighted by Gasteiger charge is -2.29. The van der Waals surface area contributed by atoms with E-state index in [2.05, 4.69) is 0 Å². The predicted octanol–water partition coefficient (Wildman–Crippen LogP) is 3.27. The molecule has 3 rings (SSSR count). The molecule has 3 nitrogen and oxygen atoms in total. The summed E-state index contributed by atoms with van der Waals surface area (Å²) in [5, 5.41) is 0. The maximum absolute atomic E-state index is 12.7. The number of hydrogen-bond acceptors (Lipinski definition) is 3. The molecule has 0 radical (unpaired) electrons. The Morgan fingerprint density at radius 2 is 1.46 bits per heavy atom. The van der Waals surface area contributed by atoms with Gasteiger partial charge in [-0.15, -0.1) is 0 Å². The molecular weight excluding hydrogens is 340 g/mol. The highest BCUT2D eigenvalue weighted by Crippen LogP contribution is 2.33. The van der Waals surface area contributed by atoms with Crippen LogP contribution in [-0.2, 0) is 21.6 Å². The van der Waals surface area contributed by atoms with E-state index in [1.165, 1.54) is 0 Å². The van der Waals surface area contributed by atoms with Gasteiger partial charge in [-0.2, -0.15) is 0 Å². The van der Waals surface area contributed by atoms with Crippen LogP contribution < -0.4 is 0 Å². The lowest BCUT2D eigenvalue weighted by molar-refractivity contribution is 0.0975. The molecule has 0 N–H and O–H groups in total. The molecule has 0 saturated carbocycles. The van der Waals surface area contributed by atoms with Crippen molar-refractivity contribution in [2.75, 3.05) is 11.5 Å². The van der Waals surface area contributed by atoms with Crippen molar-refractivity contribution in [2.24, 2.45) is 0 Å². The summed E-state index contributed by atoms with van der Waals surface area (Å²) in [5.74, 6) is 0.864. The summed E-state index contributed by atoms with van der Waals surface area (Å²) in [7, 11) is -2.33. The maximum atomic E-state index is 12.7.